The molecular weight excluding hydrogens is 293 g/mol. The molecule has 0 saturated carbocycles. The topological polar surface area (TPSA) is 87.3 Å². The van der Waals surface area contributed by atoms with Gasteiger partial charge in [0.1, 0.15) is 5.92 Å². The summed E-state index contributed by atoms with van der Waals surface area (Å²) in [6.45, 7) is 0. The third-order valence-electron chi connectivity index (χ3n) is 2.48. The second-order valence-corrected chi connectivity index (χ2v) is 4.81. The van der Waals surface area contributed by atoms with Gasteiger partial charge in [-0.3, -0.25) is 25.2 Å². The second-order valence-electron chi connectivity index (χ2n) is 3.94. The van der Waals surface area contributed by atoms with Crippen LogP contribution in [0.1, 0.15) is 6.42 Å². The Bertz CT molecular complexity index is 526. The third-order valence-corrected chi connectivity index (χ3v) is 2.91. The van der Waals surface area contributed by atoms with E-state index in [0.717, 1.165) is 0 Å². The molecule has 0 unspecified atom stereocenters. The minimum Gasteiger partial charge on any atom is -0.326 e. The predicted molar refractivity (Wildman–Crippen MR) is 69.5 cm³/mol. The summed E-state index contributed by atoms with van der Waals surface area (Å²) >= 11 is 11.6. The zero-order valence-corrected chi connectivity index (χ0v) is 11.0. The maximum atomic E-state index is 11.7. The van der Waals surface area contributed by atoms with E-state index in [1.807, 2.05) is 0 Å². The minimum absolute atomic E-state index is 0.248. The molecule has 3 N–H and O–H groups in total. The fourth-order valence-electron chi connectivity index (χ4n) is 1.63. The van der Waals surface area contributed by atoms with E-state index >= 15 is 0 Å². The van der Waals surface area contributed by atoms with Gasteiger partial charge in [0.2, 0.25) is 5.91 Å². The Hall–Kier alpha value is -1.79. The lowest BCUT2D eigenvalue weighted by atomic mass is 10.1. The van der Waals surface area contributed by atoms with Crippen molar-refractivity contribution in [2.24, 2.45) is 5.92 Å². The molecule has 1 aromatic carbocycles. The van der Waals surface area contributed by atoms with Crippen LogP contribution in [0.15, 0.2) is 18.2 Å². The average molecular weight is 302 g/mol. The summed E-state index contributed by atoms with van der Waals surface area (Å²) in [5, 5.41) is 3.27. The van der Waals surface area contributed by atoms with Gasteiger partial charge in [-0.15, -0.1) is 0 Å². The lowest BCUT2D eigenvalue weighted by Gasteiger charge is -2.07. The monoisotopic (exact) mass is 301 g/mol. The number of nitrogens with one attached hydrogen (secondary N) is 3. The molecule has 1 saturated heterocycles. The van der Waals surface area contributed by atoms with E-state index in [4.69, 9.17) is 23.2 Å². The maximum absolute atomic E-state index is 11.7. The average Bonchev–Trinajstić information content (AvgIpc) is 2.59. The third kappa shape index (κ3) is 3.36. The first-order valence-corrected chi connectivity index (χ1v) is 6.07. The summed E-state index contributed by atoms with van der Waals surface area (Å²) in [7, 11) is 0. The molecule has 0 bridgehead atoms. The van der Waals surface area contributed by atoms with E-state index in [-0.39, 0.29) is 6.42 Å². The smallest absolute Gasteiger partial charge is 0.251 e. The van der Waals surface area contributed by atoms with Crippen molar-refractivity contribution in [2.45, 2.75) is 6.42 Å². The van der Waals surface area contributed by atoms with Crippen LogP contribution in [-0.4, -0.2) is 17.7 Å². The first kappa shape index (κ1) is 13.6. The SMILES string of the molecule is O=C(CC1C(=O)NNC1=O)Nc1cc(Cl)cc(Cl)c1. The summed E-state index contributed by atoms with van der Waals surface area (Å²) in [4.78, 5) is 34.3. The van der Waals surface area contributed by atoms with E-state index in [1.165, 1.54) is 18.2 Å². The van der Waals surface area contributed by atoms with E-state index in [2.05, 4.69) is 16.2 Å². The van der Waals surface area contributed by atoms with Gasteiger partial charge in [0.25, 0.3) is 11.8 Å². The number of halogens is 2. The molecule has 0 aliphatic carbocycles. The Morgan fingerprint density at radius 2 is 1.63 bits per heavy atom. The highest BCUT2D eigenvalue weighted by molar-refractivity contribution is 6.35. The largest absolute Gasteiger partial charge is 0.326 e. The van der Waals surface area contributed by atoms with Crippen LogP contribution in [0.25, 0.3) is 0 Å². The van der Waals surface area contributed by atoms with Gasteiger partial charge in [0.15, 0.2) is 0 Å². The summed E-state index contributed by atoms with van der Waals surface area (Å²) in [6, 6.07) is 4.55. The van der Waals surface area contributed by atoms with Gasteiger partial charge in [-0.05, 0) is 18.2 Å². The van der Waals surface area contributed by atoms with Gasteiger partial charge >= 0.3 is 0 Å². The van der Waals surface area contributed by atoms with Crippen molar-refractivity contribution >= 4 is 46.6 Å². The van der Waals surface area contributed by atoms with Gasteiger partial charge in [-0.1, -0.05) is 23.2 Å². The Morgan fingerprint density at radius 3 is 2.16 bits per heavy atom. The Labute approximate surface area is 118 Å². The molecule has 1 aromatic rings. The molecule has 1 aliphatic heterocycles. The van der Waals surface area contributed by atoms with E-state index in [9.17, 15) is 14.4 Å². The number of anilines is 1. The molecule has 8 heteroatoms. The standard InChI is InChI=1S/C11H9Cl2N3O3/c12-5-1-6(13)3-7(2-5)14-9(17)4-8-10(18)15-16-11(8)19/h1-3,8H,4H2,(H,14,17)(H,15,18)(H,16,19). The van der Waals surface area contributed by atoms with Gasteiger partial charge in [0, 0.05) is 22.2 Å². The number of amides is 3. The van der Waals surface area contributed by atoms with Crippen molar-refractivity contribution in [2.75, 3.05) is 5.32 Å². The van der Waals surface area contributed by atoms with Gasteiger partial charge in [-0.25, -0.2) is 0 Å². The molecule has 19 heavy (non-hydrogen) atoms. The summed E-state index contributed by atoms with van der Waals surface area (Å²) in [5.74, 6) is -2.54. The molecule has 0 radical (unpaired) electrons. The highest BCUT2D eigenvalue weighted by Gasteiger charge is 2.34. The van der Waals surface area contributed by atoms with E-state index in [1.54, 1.807) is 0 Å². The van der Waals surface area contributed by atoms with Crippen molar-refractivity contribution in [3.8, 4) is 0 Å². The van der Waals surface area contributed by atoms with Crippen molar-refractivity contribution in [1.29, 1.82) is 0 Å². The molecule has 0 spiro atoms. The molecule has 1 fully saturated rings. The summed E-state index contributed by atoms with van der Waals surface area (Å²) in [5.41, 5.74) is 4.70. The number of hydrogen-bond donors (Lipinski definition) is 3. The van der Waals surface area contributed by atoms with Gasteiger partial charge < -0.3 is 5.32 Å². The number of hydrogen-bond acceptors (Lipinski definition) is 3. The van der Waals surface area contributed by atoms with Gasteiger partial charge in [0.05, 0.1) is 0 Å². The number of hydrazine groups is 1. The van der Waals surface area contributed by atoms with Crippen LogP contribution >= 0.6 is 23.2 Å². The Kier molecular flexibility index (Phi) is 3.92. The van der Waals surface area contributed by atoms with Crippen molar-refractivity contribution in [1.82, 2.24) is 10.9 Å². The molecule has 1 heterocycles. The van der Waals surface area contributed by atoms with Crippen LogP contribution in [0.4, 0.5) is 5.69 Å². The second kappa shape index (κ2) is 5.46. The first-order valence-electron chi connectivity index (χ1n) is 5.31. The van der Waals surface area contributed by atoms with Crippen LogP contribution in [0.3, 0.4) is 0 Å². The molecule has 2 rings (SSSR count). The highest BCUT2D eigenvalue weighted by Crippen LogP contribution is 2.22. The number of carbonyl (C=O) groups is 3. The van der Waals surface area contributed by atoms with Crippen LogP contribution in [-0.2, 0) is 14.4 Å². The molecule has 3 amide bonds. The molecule has 6 nitrogen and oxygen atoms in total. The Morgan fingerprint density at radius 1 is 1.11 bits per heavy atom. The van der Waals surface area contributed by atoms with Crippen molar-refractivity contribution in [3.63, 3.8) is 0 Å². The maximum Gasteiger partial charge on any atom is 0.251 e. The molecule has 0 atom stereocenters. The minimum atomic E-state index is -1.02. The zero-order chi connectivity index (χ0) is 14.0. The quantitative estimate of drug-likeness (QED) is 0.731. The molecule has 100 valence electrons. The number of rotatable bonds is 3. The summed E-state index contributed by atoms with van der Waals surface area (Å²) in [6.07, 6.45) is -0.248. The van der Waals surface area contributed by atoms with Gasteiger partial charge in [-0.2, -0.15) is 0 Å². The van der Waals surface area contributed by atoms with Crippen LogP contribution in [0, 0.1) is 5.92 Å². The van der Waals surface area contributed by atoms with Crippen molar-refractivity contribution in [3.05, 3.63) is 28.2 Å². The zero-order valence-electron chi connectivity index (χ0n) is 9.50. The first-order chi connectivity index (χ1) is 8.95. The normalized spacial score (nSPS) is 15.1. The number of carbonyl (C=O) groups excluding carboxylic acids is 3. The summed E-state index contributed by atoms with van der Waals surface area (Å²) < 4.78 is 0. The Balaban J connectivity index is 2.01. The van der Waals surface area contributed by atoms with Crippen LogP contribution < -0.4 is 16.2 Å². The number of benzene rings is 1. The molecule has 0 aromatic heterocycles. The molecule has 1 aliphatic rings. The fourth-order valence-corrected chi connectivity index (χ4v) is 2.15. The fraction of sp³-hybridized carbons (Fsp3) is 0.182. The van der Waals surface area contributed by atoms with Crippen molar-refractivity contribution < 1.29 is 14.4 Å². The van der Waals surface area contributed by atoms with Crippen LogP contribution in [0.2, 0.25) is 10.0 Å². The van der Waals surface area contributed by atoms with E-state index < -0.39 is 23.6 Å². The lowest BCUT2D eigenvalue weighted by Crippen LogP contribution is -2.28. The predicted octanol–water partition coefficient (Wildman–Crippen LogP) is 1.10. The van der Waals surface area contributed by atoms with Crippen LogP contribution in [0.5, 0.6) is 0 Å². The van der Waals surface area contributed by atoms with E-state index in [0.29, 0.717) is 15.7 Å². The molecular formula is C11H9Cl2N3O3. The highest BCUT2D eigenvalue weighted by atomic mass is 35.5. The lowest BCUT2D eigenvalue weighted by molar-refractivity contribution is -0.131.